The van der Waals surface area contributed by atoms with E-state index in [0.717, 1.165) is 0 Å². The number of hydrogen-bond acceptors (Lipinski definition) is 5. The fourth-order valence-corrected chi connectivity index (χ4v) is 2.00. The first kappa shape index (κ1) is 9.36. The average molecular weight is 190 g/mol. The normalized spacial score (nSPS) is 56.3. The van der Waals surface area contributed by atoms with Crippen molar-refractivity contribution in [2.75, 3.05) is 13.2 Å². The largest absolute Gasteiger partial charge is 0.388 e. The molecule has 0 saturated carbocycles. The molecule has 3 N–H and O–H groups in total. The summed E-state index contributed by atoms with van der Waals surface area (Å²) >= 11 is 0. The molecular weight excluding hydrogens is 176 g/mol. The van der Waals surface area contributed by atoms with Gasteiger partial charge < -0.3 is 24.8 Å². The Morgan fingerprint density at radius 3 is 2.38 bits per heavy atom. The van der Waals surface area contributed by atoms with Crippen LogP contribution >= 0.6 is 0 Å². The van der Waals surface area contributed by atoms with Crippen LogP contribution in [0.4, 0.5) is 0 Å². The first-order valence-electron chi connectivity index (χ1n) is 4.32. The Hall–Kier alpha value is -0.200. The van der Waals surface area contributed by atoms with Crippen LogP contribution in [0.25, 0.3) is 0 Å². The standard InChI is InChI=1S/C8H14O5/c1-7(11)3-8(4-13-7)6(10)5(9)2-12-8/h5-6,9-11H,2-4H2,1H3/t5-,6+,7?,8?/m1/s1. The van der Waals surface area contributed by atoms with E-state index in [4.69, 9.17) is 9.47 Å². The highest BCUT2D eigenvalue weighted by Crippen LogP contribution is 2.40. The second-order valence-corrected chi connectivity index (χ2v) is 4.03. The van der Waals surface area contributed by atoms with Gasteiger partial charge in [0.25, 0.3) is 0 Å². The van der Waals surface area contributed by atoms with E-state index in [-0.39, 0.29) is 19.6 Å². The summed E-state index contributed by atoms with van der Waals surface area (Å²) in [6, 6.07) is 0. The van der Waals surface area contributed by atoms with Gasteiger partial charge in [0.15, 0.2) is 5.79 Å². The van der Waals surface area contributed by atoms with Gasteiger partial charge in [0.1, 0.15) is 17.8 Å². The predicted molar refractivity (Wildman–Crippen MR) is 41.9 cm³/mol. The molecule has 4 atom stereocenters. The quantitative estimate of drug-likeness (QED) is 0.438. The van der Waals surface area contributed by atoms with Crippen LogP contribution in [-0.4, -0.2) is 52.1 Å². The molecule has 0 bridgehead atoms. The summed E-state index contributed by atoms with van der Waals surface area (Å²) in [6.45, 7) is 1.74. The molecule has 5 nitrogen and oxygen atoms in total. The van der Waals surface area contributed by atoms with E-state index < -0.39 is 23.6 Å². The molecule has 0 radical (unpaired) electrons. The summed E-state index contributed by atoms with van der Waals surface area (Å²) in [5, 5.41) is 28.4. The van der Waals surface area contributed by atoms with E-state index in [9.17, 15) is 15.3 Å². The second kappa shape index (κ2) is 2.65. The molecule has 13 heavy (non-hydrogen) atoms. The maximum absolute atomic E-state index is 9.61. The summed E-state index contributed by atoms with van der Waals surface area (Å²) in [5.41, 5.74) is -0.914. The van der Waals surface area contributed by atoms with Crippen LogP contribution in [0.3, 0.4) is 0 Å². The van der Waals surface area contributed by atoms with Gasteiger partial charge in [-0.1, -0.05) is 0 Å². The Morgan fingerprint density at radius 1 is 1.31 bits per heavy atom. The van der Waals surface area contributed by atoms with Gasteiger partial charge in [-0.05, 0) is 6.92 Å². The van der Waals surface area contributed by atoms with Crippen LogP contribution in [0.15, 0.2) is 0 Å². The molecule has 1 spiro atoms. The van der Waals surface area contributed by atoms with Gasteiger partial charge in [0.2, 0.25) is 0 Å². The topological polar surface area (TPSA) is 79.2 Å². The van der Waals surface area contributed by atoms with Crippen molar-refractivity contribution in [3.05, 3.63) is 0 Å². The number of aliphatic hydroxyl groups is 3. The fourth-order valence-electron chi connectivity index (χ4n) is 2.00. The molecule has 0 aromatic heterocycles. The highest BCUT2D eigenvalue weighted by Gasteiger charge is 2.57. The molecule has 2 rings (SSSR count). The summed E-state index contributed by atoms with van der Waals surface area (Å²) < 4.78 is 10.3. The van der Waals surface area contributed by atoms with E-state index in [1.54, 1.807) is 0 Å². The van der Waals surface area contributed by atoms with E-state index in [1.807, 2.05) is 0 Å². The summed E-state index contributed by atoms with van der Waals surface area (Å²) in [6.07, 6.45) is -1.66. The number of hydrogen-bond donors (Lipinski definition) is 3. The first-order valence-corrected chi connectivity index (χ1v) is 4.32. The molecule has 2 heterocycles. The predicted octanol–water partition coefficient (Wildman–Crippen LogP) is -1.39. The van der Waals surface area contributed by atoms with Crippen LogP contribution in [0.5, 0.6) is 0 Å². The molecule has 2 fully saturated rings. The van der Waals surface area contributed by atoms with Crippen molar-refractivity contribution in [1.82, 2.24) is 0 Å². The lowest BCUT2D eigenvalue weighted by molar-refractivity contribution is -0.155. The zero-order valence-electron chi connectivity index (χ0n) is 7.43. The molecule has 0 aromatic rings. The van der Waals surface area contributed by atoms with Crippen molar-refractivity contribution in [3.63, 3.8) is 0 Å². The Morgan fingerprint density at radius 2 is 2.00 bits per heavy atom. The summed E-state index contributed by atoms with van der Waals surface area (Å²) in [4.78, 5) is 0. The third kappa shape index (κ3) is 1.37. The Balaban J connectivity index is 2.16. The molecule has 76 valence electrons. The molecule has 0 aromatic carbocycles. The van der Waals surface area contributed by atoms with Crippen molar-refractivity contribution in [2.24, 2.45) is 0 Å². The molecule has 2 aliphatic heterocycles. The summed E-state index contributed by atoms with van der Waals surface area (Å²) in [7, 11) is 0. The minimum absolute atomic E-state index is 0.0978. The highest BCUT2D eigenvalue weighted by atomic mass is 16.7. The Labute approximate surface area is 75.9 Å². The minimum atomic E-state index is -1.26. The third-order valence-corrected chi connectivity index (χ3v) is 2.70. The lowest BCUT2D eigenvalue weighted by Gasteiger charge is -2.25. The maximum atomic E-state index is 9.61. The molecular formula is C8H14O5. The van der Waals surface area contributed by atoms with Gasteiger partial charge in [0.05, 0.1) is 13.2 Å². The average Bonchev–Trinajstić information content (AvgIpc) is 2.48. The molecule has 2 unspecified atom stereocenters. The van der Waals surface area contributed by atoms with Crippen LogP contribution in [0.1, 0.15) is 13.3 Å². The van der Waals surface area contributed by atoms with Crippen molar-refractivity contribution in [2.45, 2.75) is 36.9 Å². The van der Waals surface area contributed by atoms with Gasteiger partial charge in [-0.15, -0.1) is 0 Å². The zero-order chi connectivity index (χ0) is 9.69. The third-order valence-electron chi connectivity index (χ3n) is 2.70. The number of rotatable bonds is 0. The molecule has 5 heteroatoms. The van der Waals surface area contributed by atoms with Gasteiger partial charge in [0, 0.05) is 6.42 Å². The van der Waals surface area contributed by atoms with Gasteiger partial charge in [-0.25, -0.2) is 0 Å². The molecule has 0 amide bonds. The van der Waals surface area contributed by atoms with Crippen LogP contribution in [0.2, 0.25) is 0 Å². The van der Waals surface area contributed by atoms with Crippen LogP contribution < -0.4 is 0 Å². The van der Waals surface area contributed by atoms with Crippen LogP contribution in [0, 0.1) is 0 Å². The summed E-state index contributed by atoms with van der Waals surface area (Å²) in [5.74, 6) is -1.26. The van der Waals surface area contributed by atoms with E-state index in [1.165, 1.54) is 6.92 Å². The highest BCUT2D eigenvalue weighted by molar-refractivity contribution is 5.03. The minimum Gasteiger partial charge on any atom is -0.388 e. The number of ether oxygens (including phenoxy) is 2. The molecule has 0 aliphatic carbocycles. The lowest BCUT2D eigenvalue weighted by Crippen LogP contribution is -2.44. The van der Waals surface area contributed by atoms with Gasteiger partial charge in [-0.2, -0.15) is 0 Å². The van der Waals surface area contributed by atoms with E-state index in [0.29, 0.717) is 0 Å². The monoisotopic (exact) mass is 190 g/mol. The Kier molecular flexibility index (Phi) is 1.91. The van der Waals surface area contributed by atoms with Crippen LogP contribution in [-0.2, 0) is 9.47 Å². The first-order chi connectivity index (χ1) is 5.95. The fraction of sp³-hybridized carbons (Fsp3) is 1.00. The number of aliphatic hydroxyl groups excluding tert-OH is 2. The van der Waals surface area contributed by atoms with Crippen molar-refractivity contribution < 1.29 is 24.8 Å². The zero-order valence-corrected chi connectivity index (χ0v) is 7.43. The van der Waals surface area contributed by atoms with Crippen molar-refractivity contribution in [1.29, 1.82) is 0 Å². The van der Waals surface area contributed by atoms with Gasteiger partial charge in [-0.3, -0.25) is 0 Å². The SMILES string of the molecule is CC1(O)CC2(CO1)OC[C@@H](O)[C@@H]2O. The van der Waals surface area contributed by atoms with Gasteiger partial charge >= 0.3 is 0 Å². The van der Waals surface area contributed by atoms with E-state index >= 15 is 0 Å². The van der Waals surface area contributed by atoms with Crippen molar-refractivity contribution >= 4 is 0 Å². The Bertz CT molecular complexity index is 217. The molecule has 2 aliphatic rings. The smallest absolute Gasteiger partial charge is 0.165 e. The second-order valence-electron chi connectivity index (χ2n) is 4.03. The van der Waals surface area contributed by atoms with Crippen molar-refractivity contribution in [3.8, 4) is 0 Å². The molecule has 2 saturated heterocycles. The maximum Gasteiger partial charge on any atom is 0.165 e. The van der Waals surface area contributed by atoms with E-state index in [2.05, 4.69) is 0 Å². The lowest BCUT2D eigenvalue weighted by atomic mass is 9.92.